The summed E-state index contributed by atoms with van der Waals surface area (Å²) in [5, 5.41) is 0.0194. The van der Waals surface area contributed by atoms with Crippen molar-refractivity contribution in [2.24, 2.45) is 0 Å². The predicted octanol–water partition coefficient (Wildman–Crippen LogP) is 4.01. The number of aryl methyl sites for hydroxylation is 1. The Morgan fingerprint density at radius 3 is 2.51 bits per heavy atom. The van der Waals surface area contributed by atoms with Crippen LogP contribution in [0.5, 0.6) is 0 Å². The van der Waals surface area contributed by atoms with Crippen LogP contribution in [-0.4, -0.2) is 55.5 Å². The molecule has 1 fully saturated rings. The largest absolute Gasteiger partial charge is 0.355 e. The van der Waals surface area contributed by atoms with Gasteiger partial charge in [0.15, 0.2) is 16.6 Å². The Hall–Kier alpha value is -3.33. The molecule has 0 bridgehead atoms. The van der Waals surface area contributed by atoms with Crippen molar-refractivity contribution in [1.29, 1.82) is 0 Å². The van der Waals surface area contributed by atoms with Gasteiger partial charge in [-0.3, -0.25) is 9.78 Å². The number of hydrogen-bond acceptors (Lipinski definition) is 6. The molecule has 4 rings (SSSR count). The van der Waals surface area contributed by atoms with E-state index in [4.69, 9.17) is 11.6 Å². The number of hydrogen-bond donors (Lipinski definition) is 0. The molecule has 2 atom stereocenters. The van der Waals surface area contributed by atoms with E-state index in [1.54, 1.807) is 17.2 Å². The van der Waals surface area contributed by atoms with E-state index in [0.29, 0.717) is 35.7 Å². The van der Waals surface area contributed by atoms with E-state index in [9.17, 15) is 14.0 Å². The first-order valence-electron chi connectivity index (χ1n) is 11.5. The molecule has 1 saturated heterocycles. The fourth-order valence-electron chi connectivity index (χ4n) is 4.85. The third-order valence-electron chi connectivity index (χ3n) is 6.33. The minimum absolute atomic E-state index is 0.0135. The van der Waals surface area contributed by atoms with Crippen molar-refractivity contribution >= 4 is 34.4 Å². The number of amides is 1. The van der Waals surface area contributed by atoms with Crippen LogP contribution in [0.4, 0.5) is 10.2 Å². The number of halogens is 2. The Labute approximate surface area is 208 Å². The van der Waals surface area contributed by atoms with E-state index >= 15 is 0 Å². The minimum Gasteiger partial charge on any atom is -0.352 e. The lowest BCUT2D eigenvalue weighted by atomic mass is 10.0. The molecule has 8 nitrogen and oxygen atoms in total. The number of anilines is 1. The molecule has 4 heterocycles. The van der Waals surface area contributed by atoms with Crippen molar-refractivity contribution in [3.05, 3.63) is 63.7 Å². The zero-order valence-corrected chi connectivity index (χ0v) is 21.2. The SMILES string of the molecule is C=CC(=O)N1[C@H](C)CN(c2nc(=O)n(-c3c(C)ccnc3C(C)C)c3nc(Cl)c(F)cc23)C[C@@H]1C. The molecule has 0 saturated carbocycles. The number of carbonyl (C=O) groups excluding carboxylic acids is 1. The third-order valence-corrected chi connectivity index (χ3v) is 6.60. The fourth-order valence-corrected chi connectivity index (χ4v) is 4.98. The molecule has 0 unspecified atom stereocenters. The zero-order valence-electron chi connectivity index (χ0n) is 20.4. The Morgan fingerprint density at radius 2 is 1.91 bits per heavy atom. The summed E-state index contributed by atoms with van der Waals surface area (Å²) in [7, 11) is 0. The normalized spacial score (nSPS) is 18.4. The van der Waals surface area contributed by atoms with Crippen LogP contribution >= 0.6 is 11.6 Å². The molecule has 184 valence electrons. The first-order valence-corrected chi connectivity index (χ1v) is 11.9. The van der Waals surface area contributed by atoms with Gasteiger partial charge in [-0.1, -0.05) is 32.0 Å². The number of rotatable bonds is 4. The quantitative estimate of drug-likeness (QED) is 0.399. The summed E-state index contributed by atoms with van der Waals surface area (Å²) in [5.41, 5.74) is 1.71. The first-order chi connectivity index (χ1) is 16.5. The highest BCUT2D eigenvalue weighted by Gasteiger charge is 2.34. The molecule has 0 spiro atoms. The smallest absolute Gasteiger partial charge is 0.352 e. The van der Waals surface area contributed by atoms with Crippen LogP contribution in [0.1, 0.15) is 44.9 Å². The van der Waals surface area contributed by atoms with Crippen molar-refractivity contribution in [3.8, 4) is 5.69 Å². The van der Waals surface area contributed by atoms with Gasteiger partial charge < -0.3 is 9.80 Å². The van der Waals surface area contributed by atoms with Crippen molar-refractivity contribution in [2.45, 2.75) is 52.6 Å². The molecule has 3 aromatic heterocycles. The van der Waals surface area contributed by atoms with Crippen LogP contribution in [0.3, 0.4) is 0 Å². The second-order valence-corrected chi connectivity index (χ2v) is 9.61. The van der Waals surface area contributed by atoms with Gasteiger partial charge in [-0.15, -0.1) is 0 Å². The van der Waals surface area contributed by atoms with Gasteiger partial charge in [0.05, 0.1) is 16.8 Å². The van der Waals surface area contributed by atoms with E-state index in [2.05, 4.69) is 21.5 Å². The lowest BCUT2D eigenvalue weighted by Crippen LogP contribution is -2.58. The zero-order chi connectivity index (χ0) is 25.6. The third kappa shape index (κ3) is 4.29. The van der Waals surface area contributed by atoms with Gasteiger partial charge in [0.25, 0.3) is 0 Å². The average molecular weight is 499 g/mol. The molecule has 0 aromatic carbocycles. The molecule has 1 amide bonds. The van der Waals surface area contributed by atoms with Crippen molar-refractivity contribution in [2.75, 3.05) is 18.0 Å². The highest BCUT2D eigenvalue weighted by atomic mass is 35.5. The Morgan fingerprint density at radius 1 is 1.26 bits per heavy atom. The summed E-state index contributed by atoms with van der Waals surface area (Å²) >= 11 is 6.09. The molecular formula is C25H28ClFN6O2. The van der Waals surface area contributed by atoms with Gasteiger partial charge in [-0.05, 0) is 50.5 Å². The summed E-state index contributed by atoms with van der Waals surface area (Å²) < 4.78 is 16.0. The van der Waals surface area contributed by atoms with Gasteiger partial charge in [-0.25, -0.2) is 18.7 Å². The standard InChI is InChI=1S/C25H28ClFN6O2/c1-7-19(34)32-15(5)11-31(12-16(32)6)23-17-10-18(27)22(26)29-24(17)33(25(35)30-23)21-14(4)8-9-28-20(21)13(2)3/h7-10,13,15-16H,1,11-12H2,2-6H3/t15-,16+. The Bertz CT molecular complexity index is 1380. The monoisotopic (exact) mass is 498 g/mol. The van der Waals surface area contributed by atoms with Crippen LogP contribution in [0.2, 0.25) is 5.15 Å². The molecule has 1 aliphatic heterocycles. The average Bonchev–Trinajstić information content (AvgIpc) is 2.79. The van der Waals surface area contributed by atoms with Gasteiger partial charge in [0, 0.05) is 31.4 Å². The van der Waals surface area contributed by atoms with E-state index in [-0.39, 0.29) is 34.7 Å². The number of carbonyl (C=O) groups is 1. The molecule has 3 aromatic rings. The van der Waals surface area contributed by atoms with E-state index in [0.717, 1.165) is 5.56 Å². The molecule has 10 heteroatoms. The molecule has 35 heavy (non-hydrogen) atoms. The van der Waals surface area contributed by atoms with Gasteiger partial charge >= 0.3 is 5.69 Å². The molecular weight excluding hydrogens is 471 g/mol. The van der Waals surface area contributed by atoms with Crippen molar-refractivity contribution in [3.63, 3.8) is 0 Å². The second-order valence-electron chi connectivity index (χ2n) is 9.25. The van der Waals surface area contributed by atoms with Crippen LogP contribution in [0.25, 0.3) is 16.7 Å². The summed E-state index contributed by atoms with van der Waals surface area (Å²) in [6.07, 6.45) is 2.98. The van der Waals surface area contributed by atoms with Crippen molar-refractivity contribution < 1.29 is 9.18 Å². The maximum atomic E-state index is 14.7. The topological polar surface area (TPSA) is 84.2 Å². The van der Waals surface area contributed by atoms with Gasteiger partial charge in [0.1, 0.15) is 5.82 Å². The lowest BCUT2D eigenvalue weighted by molar-refractivity contribution is -0.130. The van der Waals surface area contributed by atoms with Crippen LogP contribution in [0.15, 0.2) is 35.8 Å². The highest BCUT2D eigenvalue weighted by molar-refractivity contribution is 6.30. The second kappa shape index (κ2) is 9.37. The Balaban J connectivity index is 1.96. The summed E-state index contributed by atoms with van der Waals surface area (Å²) in [5.74, 6) is -0.549. The van der Waals surface area contributed by atoms with Crippen LogP contribution in [0, 0.1) is 12.7 Å². The maximum Gasteiger partial charge on any atom is 0.355 e. The van der Waals surface area contributed by atoms with Crippen molar-refractivity contribution in [1.82, 2.24) is 24.4 Å². The van der Waals surface area contributed by atoms with Gasteiger partial charge in [-0.2, -0.15) is 4.98 Å². The predicted molar refractivity (Wildman–Crippen MR) is 135 cm³/mol. The van der Waals surface area contributed by atoms with E-state index in [1.807, 2.05) is 39.5 Å². The highest BCUT2D eigenvalue weighted by Crippen LogP contribution is 2.32. The van der Waals surface area contributed by atoms with E-state index in [1.165, 1.54) is 16.7 Å². The minimum atomic E-state index is -0.707. The summed E-state index contributed by atoms with van der Waals surface area (Å²) in [6.45, 7) is 14.1. The first kappa shape index (κ1) is 24.8. The lowest BCUT2D eigenvalue weighted by Gasteiger charge is -2.44. The summed E-state index contributed by atoms with van der Waals surface area (Å²) in [6, 6.07) is 2.71. The number of pyridine rings is 2. The molecule has 0 radical (unpaired) electrons. The van der Waals surface area contributed by atoms with Crippen LogP contribution < -0.4 is 10.6 Å². The van der Waals surface area contributed by atoms with Crippen LogP contribution in [-0.2, 0) is 4.79 Å². The fraction of sp³-hybridized carbons (Fsp3) is 0.400. The molecule has 0 aliphatic carbocycles. The number of piperazine rings is 1. The maximum absolute atomic E-state index is 14.7. The Kier molecular flexibility index (Phi) is 6.64. The molecule has 0 N–H and O–H groups in total. The van der Waals surface area contributed by atoms with E-state index < -0.39 is 11.5 Å². The number of nitrogens with zero attached hydrogens (tertiary/aromatic N) is 6. The number of fused-ring (bicyclic) bond motifs is 1. The summed E-state index contributed by atoms with van der Waals surface area (Å²) in [4.78, 5) is 42.7. The number of aromatic nitrogens is 4. The van der Waals surface area contributed by atoms with Gasteiger partial charge in [0.2, 0.25) is 5.91 Å². The molecule has 1 aliphatic rings.